The summed E-state index contributed by atoms with van der Waals surface area (Å²) < 4.78 is 42.2. The van der Waals surface area contributed by atoms with Gasteiger partial charge in [0.1, 0.15) is 31.7 Å². The van der Waals surface area contributed by atoms with Gasteiger partial charge in [-0.3, -0.25) is 19.3 Å². The standard InChI is InChI=1S/C31H25F2N3O4/c32-24-13-12-22(18-25(24)33)28-23-10-4-5-11-27(23)39-17-7-6-15-34-20-36(28)35-16-14-26(37)30(29(35)31(34)38)40-19-21-8-2-1-3-9-21/h1-14,16,18,28H,15,17,19-20H2/b7-6-. The molecule has 0 fully saturated rings. The highest BCUT2D eigenvalue weighted by molar-refractivity contribution is 5.96. The van der Waals surface area contributed by atoms with Gasteiger partial charge in [-0.05, 0) is 35.4 Å². The number of amides is 1. The van der Waals surface area contributed by atoms with Gasteiger partial charge < -0.3 is 14.4 Å². The van der Waals surface area contributed by atoms with Gasteiger partial charge in [0.15, 0.2) is 23.1 Å². The SMILES string of the molecule is O=C1c2c(OCc3ccccc3)c(=O)ccn2N2CN1C/C=C\COc1ccccc1C2c1ccc(F)c(F)c1. The molecule has 0 radical (unpaired) electrons. The molecule has 1 aromatic heterocycles. The van der Waals surface area contributed by atoms with Crippen molar-refractivity contribution in [1.29, 1.82) is 0 Å². The predicted octanol–water partition coefficient (Wildman–Crippen LogP) is 4.80. The number of carbonyl (C=O) groups is 1. The number of ether oxygens (including phenoxy) is 2. The highest BCUT2D eigenvalue weighted by Crippen LogP contribution is 2.37. The van der Waals surface area contributed by atoms with Crippen molar-refractivity contribution >= 4 is 5.91 Å². The van der Waals surface area contributed by atoms with Gasteiger partial charge in [-0.1, -0.05) is 60.7 Å². The summed E-state index contributed by atoms with van der Waals surface area (Å²) in [5.74, 6) is -1.89. The van der Waals surface area contributed by atoms with Crippen molar-refractivity contribution < 1.29 is 23.0 Å². The molecule has 2 aliphatic heterocycles. The number of hydrogen-bond donors (Lipinski definition) is 0. The summed E-state index contributed by atoms with van der Waals surface area (Å²) in [5, 5.41) is 1.82. The molecule has 0 saturated heterocycles. The molecule has 0 aliphatic carbocycles. The van der Waals surface area contributed by atoms with Crippen LogP contribution in [0.2, 0.25) is 0 Å². The third-order valence-corrected chi connectivity index (χ3v) is 6.94. The van der Waals surface area contributed by atoms with E-state index in [4.69, 9.17) is 9.47 Å². The first-order valence-electron chi connectivity index (χ1n) is 12.8. The summed E-state index contributed by atoms with van der Waals surface area (Å²) >= 11 is 0. The first kappa shape index (κ1) is 25.4. The first-order chi connectivity index (χ1) is 19.5. The molecule has 4 aromatic rings. The third kappa shape index (κ3) is 4.70. The number of halogens is 2. The van der Waals surface area contributed by atoms with Crippen LogP contribution in [0, 0.1) is 11.6 Å². The Balaban J connectivity index is 1.55. The fourth-order valence-electron chi connectivity index (χ4n) is 5.03. The predicted molar refractivity (Wildman–Crippen MR) is 145 cm³/mol. The Morgan fingerprint density at radius 3 is 2.52 bits per heavy atom. The van der Waals surface area contributed by atoms with E-state index < -0.39 is 23.1 Å². The van der Waals surface area contributed by atoms with E-state index in [2.05, 4.69) is 0 Å². The van der Waals surface area contributed by atoms with Crippen molar-refractivity contribution in [3.05, 3.63) is 141 Å². The molecule has 9 heteroatoms. The minimum Gasteiger partial charge on any atom is -0.489 e. The van der Waals surface area contributed by atoms with E-state index in [1.807, 2.05) is 71.8 Å². The fraction of sp³-hybridized carbons (Fsp3) is 0.161. The average molecular weight is 542 g/mol. The van der Waals surface area contributed by atoms with Gasteiger partial charge in [-0.15, -0.1) is 0 Å². The lowest BCUT2D eigenvalue weighted by Gasteiger charge is -2.44. The maximum atomic E-state index is 14.6. The topological polar surface area (TPSA) is 64.0 Å². The van der Waals surface area contributed by atoms with Crippen molar-refractivity contribution in [2.24, 2.45) is 0 Å². The van der Waals surface area contributed by atoms with E-state index in [0.717, 1.165) is 17.7 Å². The maximum absolute atomic E-state index is 14.6. The molecule has 1 amide bonds. The van der Waals surface area contributed by atoms with E-state index >= 15 is 0 Å². The van der Waals surface area contributed by atoms with Crippen LogP contribution in [-0.2, 0) is 6.61 Å². The van der Waals surface area contributed by atoms with Crippen LogP contribution in [0.25, 0.3) is 0 Å². The van der Waals surface area contributed by atoms with Gasteiger partial charge in [0.05, 0.1) is 0 Å². The molecular formula is C31H25F2N3O4. The molecule has 0 N–H and O–H groups in total. The zero-order valence-corrected chi connectivity index (χ0v) is 21.4. The second-order valence-corrected chi connectivity index (χ2v) is 9.48. The molecule has 7 nitrogen and oxygen atoms in total. The molecule has 1 atom stereocenters. The molecule has 2 aliphatic rings. The Bertz CT molecular complexity index is 1650. The molecule has 3 heterocycles. The Morgan fingerprint density at radius 1 is 0.900 bits per heavy atom. The fourth-order valence-corrected chi connectivity index (χ4v) is 5.03. The quantitative estimate of drug-likeness (QED) is 0.348. The average Bonchev–Trinajstić information content (AvgIpc) is 3.00. The van der Waals surface area contributed by atoms with Crippen LogP contribution in [-0.4, -0.2) is 35.3 Å². The monoisotopic (exact) mass is 541 g/mol. The summed E-state index contributed by atoms with van der Waals surface area (Å²) in [6.07, 6.45) is 5.14. The Morgan fingerprint density at radius 2 is 1.70 bits per heavy atom. The number of hydrogen-bond acceptors (Lipinski definition) is 5. The number of pyridine rings is 1. The van der Waals surface area contributed by atoms with Crippen molar-refractivity contribution in [2.75, 3.05) is 24.8 Å². The number of rotatable bonds is 4. The van der Waals surface area contributed by atoms with Crippen LogP contribution in [0.4, 0.5) is 8.78 Å². The summed E-state index contributed by atoms with van der Waals surface area (Å²) in [5.41, 5.74) is 1.56. The van der Waals surface area contributed by atoms with Gasteiger partial charge in [0.25, 0.3) is 5.91 Å². The molecule has 40 heavy (non-hydrogen) atoms. The zero-order valence-electron chi connectivity index (χ0n) is 21.4. The lowest BCUT2D eigenvalue weighted by molar-refractivity contribution is 0.0698. The zero-order chi connectivity index (χ0) is 27.6. The summed E-state index contributed by atoms with van der Waals surface area (Å²) in [4.78, 5) is 28.5. The number of aromatic nitrogens is 1. The van der Waals surface area contributed by atoms with Crippen LogP contribution in [0.1, 0.15) is 33.2 Å². The van der Waals surface area contributed by atoms with Crippen molar-refractivity contribution in [1.82, 2.24) is 9.58 Å². The molecular weight excluding hydrogens is 516 g/mol. The van der Waals surface area contributed by atoms with E-state index in [0.29, 0.717) is 16.9 Å². The molecule has 2 bridgehead atoms. The maximum Gasteiger partial charge on any atom is 0.278 e. The van der Waals surface area contributed by atoms with E-state index in [1.54, 1.807) is 9.58 Å². The lowest BCUT2D eigenvalue weighted by atomic mass is 9.96. The lowest BCUT2D eigenvalue weighted by Crippen LogP contribution is -2.55. The normalized spacial score (nSPS) is 17.2. The molecule has 0 saturated carbocycles. The van der Waals surface area contributed by atoms with Gasteiger partial charge in [-0.2, -0.15) is 0 Å². The second kappa shape index (κ2) is 10.7. The summed E-state index contributed by atoms with van der Waals surface area (Å²) in [6, 6.07) is 21.0. The Kier molecular flexibility index (Phi) is 6.77. The molecule has 202 valence electrons. The number of para-hydroxylation sites is 1. The van der Waals surface area contributed by atoms with Gasteiger partial charge >= 0.3 is 0 Å². The van der Waals surface area contributed by atoms with Crippen molar-refractivity contribution in [2.45, 2.75) is 12.6 Å². The number of carbonyl (C=O) groups excluding carboxylic acids is 1. The largest absolute Gasteiger partial charge is 0.489 e. The summed E-state index contributed by atoms with van der Waals surface area (Å²) in [7, 11) is 0. The van der Waals surface area contributed by atoms with Crippen LogP contribution < -0.4 is 19.9 Å². The smallest absolute Gasteiger partial charge is 0.278 e. The highest BCUT2D eigenvalue weighted by atomic mass is 19.2. The van der Waals surface area contributed by atoms with Gasteiger partial charge in [0, 0.05) is 24.4 Å². The Labute approximate surface area is 229 Å². The second-order valence-electron chi connectivity index (χ2n) is 9.48. The molecule has 0 spiro atoms. The van der Waals surface area contributed by atoms with E-state index in [9.17, 15) is 18.4 Å². The van der Waals surface area contributed by atoms with Crippen LogP contribution in [0.5, 0.6) is 11.5 Å². The molecule has 1 unspecified atom stereocenters. The van der Waals surface area contributed by atoms with Gasteiger partial charge in [0.2, 0.25) is 5.43 Å². The number of fused-ring (bicyclic) bond motifs is 5. The van der Waals surface area contributed by atoms with Crippen LogP contribution >= 0.6 is 0 Å². The third-order valence-electron chi connectivity index (χ3n) is 6.94. The van der Waals surface area contributed by atoms with Crippen molar-refractivity contribution in [3.63, 3.8) is 0 Å². The minimum absolute atomic E-state index is 0.0494. The Hall–Kier alpha value is -4.92. The minimum atomic E-state index is -0.996. The van der Waals surface area contributed by atoms with E-state index in [-0.39, 0.29) is 43.8 Å². The first-order valence-corrected chi connectivity index (χ1v) is 12.8. The van der Waals surface area contributed by atoms with Crippen molar-refractivity contribution in [3.8, 4) is 11.5 Å². The molecule has 6 rings (SSSR count). The van der Waals surface area contributed by atoms with E-state index in [1.165, 1.54) is 18.3 Å². The molecule has 3 aromatic carbocycles. The van der Waals surface area contributed by atoms with Gasteiger partial charge in [-0.25, -0.2) is 8.78 Å². The van der Waals surface area contributed by atoms with Crippen LogP contribution in [0.15, 0.2) is 102 Å². The highest BCUT2D eigenvalue weighted by Gasteiger charge is 2.38. The number of benzene rings is 3. The van der Waals surface area contributed by atoms with Crippen LogP contribution in [0.3, 0.4) is 0 Å². The summed E-state index contributed by atoms with van der Waals surface area (Å²) in [6.45, 7) is 0.666. The number of nitrogens with zero attached hydrogens (tertiary/aromatic N) is 3.